The lowest BCUT2D eigenvalue weighted by Crippen LogP contribution is -2.32. The highest BCUT2D eigenvalue weighted by Gasteiger charge is 2.41. The molecule has 0 radical (unpaired) electrons. The third-order valence-corrected chi connectivity index (χ3v) is 6.05. The van der Waals surface area contributed by atoms with E-state index >= 15 is 0 Å². The molecule has 0 spiro atoms. The van der Waals surface area contributed by atoms with Gasteiger partial charge in [-0.15, -0.1) is 0 Å². The maximum Gasteiger partial charge on any atom is 0.307 e. The summed E-state index contributed by atoms with van der Waals surface area (Å²) in [6.07, 6.45) is 4.07. The van der Waals surface area contributed by atoms with Crippen LogP contribution in [0.25, 0.3) is 5.69 Å². The molecule has 2 aromatic heterocycles. The maximum absolute atomic E-state index is 11.8. The molecular weight excluding hydrogens is 464 g/mol. The number of methoxy groups -OCH3 is 1. The minimum absolute atomic E-state index is 0.129. The lowest BCUT2D eigenvalue weighted by molar-refractivity contribution is -0.140. The molecule has 8 heteroatoms. The van der Waals surface area contributed by atoms with E-state index in [0.717, 1.165) is 21.5 Å². The molecule has 0 unspecified atom stereocenters. The average molecular weight is 485 g/mol. The Morgan fingerprint density at radius 2 is 2.00 bits per heavy atom. The number of halogens is 1. The zero-order valence-electron chi connectivity index (χ0n) is 16.4. The first-order valence-electron chi connectivity index (χ1n) is 9.56. The topological polar surface area (TPSA) is 59.4 Å². The fraction of sp³-hybridized carbons (Fsp3) is 0.227. The summed E-state index contributed by atoms with van der Waals surface area (Å²) in [7, 11) is 1.40. The van der Waals surface area contributed by atoms with E-state index in [4.69, 9.17) is 17.0 Å². The van der Waals surface area contributed by atoms with E-state index in [9.17, 15) is 4.79 Å². The number of carbonyl (C=O) groups is 1. The largest absolute Gasteiger partial charge is 0.469 e. The number of esters is 1. The van der Waals surface area contributed by atoms with Crippen molar-refractivity contribution in [2.75, 3.05) is 13.7 Å². The van der Waals surface area contributed by atoms with Crippen molar-refractivity contribution >= 4 is 39.2 Å². The van der Waals surface area contributed by atoms with Gasteiger partial charge in [-0.1, -0.05) is 22.0 Å². The quantitative estimate of drug-likeness (QED) is 0.418. The Morgan fingerprint density at radius 1 is 1.20 bits per heavy atom. The van der Waals surface area contributed by atoms with Gasteiger partial charge in [-0.05, 0) is 60.7 Å². The number of ether oxygens (including phenoxy) is 1. The van der Waals surface area contributed by atoms with Crippen LogP contribution in [0.1, 0.15) is 29.9 Å². The predicted octanol–water partition coefficient (Wildman–Crippen LogP) is 4.17. The summed E-state index contributed by atoms with van der Waals surface area (Å²) in [6.45, 7) is 0.456. The molecule has 1 N–H and O–H groups in total. The molecule has 30 heavy (non-hydrogen) atoms. The standard InChI is InChI=1S/C22H21BrN4O2S/c1-29-19(28)11-14-27-21(20(25-22(27)30)17-5-2-3-12-24-17)18-6-4-13-26(18)16-9-7-15(23)8-10-16/h2-10,12-13,20-21H,11,14H2,1H3,(H,25,30)/t20-,21-/m1/s1. The molecule has 0 saturated carbocycles. The summed E-state index contributed by atoms with van der Waals surface area (Å²) >= 11 is 9.15. The Bertz CT molecular complexity index is 1040. The van der Waals surface area contributed by atoms with Crippen LogP contribution in [-0.2, 0) is 9.53 Å². The molecule has 1 saturated heterocycles. The fourth-order valence-corrected chi connectivity index (χ4v) is 4.35. The normalized spacial score (nSPS) is 18.3. The lowest BCUT2D eigenvalue weighted by atomic mass is 10.0. The van der Waals surface area contributed by atoms with E-state index in [0.29, 0.717) is 11.7 Å². The van der Waals surface area contributed by atoms with Crippen molar-refractivity contribution in [3.05, 3.63) is 82.9 Å². The third-order valence-electron chi connectivity index (χ3n) is 5.17. The van der Waals surface area contributed by atoms with Crippen molar-refractivity contribution in [1.29, 1.82) is 0 Å². The number of carbonyl (C=O) groups excluding carboxylic acids is 1. The Kier molecular flexibility index (Phi) is 6.15. The minimum Gasteiger partial charge on any atom is -0.469 e. The first-order valence-corrected chi connectivity index (χ1v) is 10.8. The van der Waals surface area contributed by atoms with Crippen LogP contribution >= 0.6 is 28.1 Å². The number of aromatic nitrogens is 2. The van der Waals surface area contributed by atoms with Gasteiger partial charge in [0.1, 0.15) is 0 Å². The molecule has 0 bridgehead atoms. The first kappa shape index (κ1) is 20.6. The second kappa shape index (κ2) is 8.97. The monoisotopic (exact) mass is 484 g/mol. The van der Waals surface area contributed by atoms with E-state index in [1.54, 1.807) is 6.20 Å². The highest BCUT2D eigenvalue weighted by molar-refractivity contribution is 9.10. The molecule has 1 aliphatic heterocycles. The SMILES string of the molecule is COC(=O)CCN1C(=S)N[C@H](c2ccccn2)[C@H]1c1cccn1-c1ccc(Br)cc1. The van der Waals surface area contributed by atoms with Crippen LogP contribution in [0.4, 0.5) is 0 Å². The fourth-order valence-electron chi connectivity index (χ4n) is 3.75. The van der Waals surface area contributed by atoms with Crippen molar-refractivity contribution in [3.8, 4) is 5.69 Å². The Hall–Kier alpha value is -2.71. The molecule has 154 valence electrons. The van der Waals surface area contributed by atoms with E-state index < -0.39 is 0 Å². The summed E-state index contributed by atoms with van der Waals surface area (Å²) in [4.78, 5) is 18.4. The number of rotatable bonds is 6. The average Bonchev–Trinajstić information content (AvgIpc) is 3.37. The molecule has 1 aliphatic rings. The van der Waals surface area contributed by atoms with Gasteiger partial charge in [0.2, 0.25) is 0 Å². The number of hydrogen-bond acceptors (Lipinski definition) is 4. The zero-order valence-corrected chi connectivity index (χ0v) is 18.8. The van der Waals surface area contributed by atoms with Crippen LogP contribution in [0.3, 0.4) is 0 Å². The van der Waals surface area contributed by atoms with Crippen LogP contribution in [0.15, 0.2) is 71.5 Å². The van der Waals surface area contributed by atoms with Gasteiger partial charge in [-0.2, -0.15) is 0 Å². The van der Waals surface area contributed by atoms with Crippen LogP contribution in [0, 0.1) is 0 Å². The molecular formula is C22H21BrN4O2S. The van der Waals surface area contributed by atoms with Gasteiger partial charge in [-0.25, -0.2) is 0 Å². The van der Waals surface area contributed by atoms with Crippen LogP contribution in [-0.4, -0.2) is 39.2 Å². The van der Waals surface area contributed by atoms with Crippen molar-refractivity contribution in [2.45, 2.75) is 18.5 Å². The third kappa shape index (κ3) is 4.11. The van der Waals surface area contributed by atoms with Gasteiger partial charge in [0.25, 0.3) is 0 Å². The molecule has 2 atom stereocenters. The van der Waals surface area contributed by atoms with Gasteiger partial charge in [0.15, 0.2) is 5.11 Å². The van der Waals surface area contributed by atoms with E-state index in [1.165, 1.54) is 7.11 Å². The maximum atomic E-state index is 11.8. The smallest absolute Gasteiger partial charge is 0.307 e. The summed E-state index contributed by atoms with van der Waals surface area (Å²) in [5, 5.41) is 4.01. The Labute approximate surface area is 189 Å². The predicted molar refractivity (Wildman–Crippen MR) is 122 cm³/mol. The van der Waals surface area contributed by atoms with Gasteiger partial charge in [-0.3, -0.25) is 9.78 Å². The second-order valence-electron chi connectivity index (χ2n) is 6.93. The molecule has 1 fully saturated rings. The number of hydrogen-bond donors (Lipinski definition) is 1. The number of nitrogens with zero attached hydrogens (tertiary/aromatic N) is 3. The first-order chi connectivity index (χ1) is 14.6. The van der Waals surface area contributed by atoms with E-state index in [2.05, 4.69) is 53.9 Å². The van der Waals surface area contributed by atoms with Gasteiger partial charge in [0.05, 0.1) is 31.3 Å². The van der Waals surface area contributed by atoms with Gasteiger partial charge in [0, 0.05) is 34.8 Å². The number of benzene rings is 1. The summed E-state index contributed by atoms with van der Waals surface area (Å²) in [6, 6.07) is 17.8. The molecule has 3 aromatic rings. The molecule has 6 nitrogen and oxygen atoms in total. The summed E-state index contributed by atoms with van der Waals surface area (Å²) < 4.78 is 8.01. The minimum atomic E-state index is -0.263. The number of thiocarbonyl (C=S) groups is 1. The molecule has 1 aromatic carbocycles. The van der Waals surface area contributed by atoms with Crippen LogP contribution in [0.5, 0.6) is 0 Å². The van der Waals surface area contributed by atoms with E-state index in [1.807, 2.05) is 42.6 Å². The molecule has 4 rings (SSSR count). The molecule has 0 amide bonds. The van der Waals surface area contributed by atoms with E-state index in [-0.39, 0.29) is 24.5 Å². The van der Waals surface area contributed by atoms with Crippen LogP contribution in [0.2, 0.25) is 0 Å². The number of pyridine rings is 1. The van der Waals surface area contributed by atoms with Gasteiger partial charge >= 0.3 is 5.97 Å². The van der Waals surface area contributed by atoms with Gasteiger partial charge < -0.3 is 19.5 Å². The summed E-state index contributed by atoms with van der Waals surface area (Å²) in [5.41, 5.74) is 3.00. The second-order valence-corrected chi connectivity index (χ2v) is 8.23. The van der Waals surface area contributed by atoms with Crippen molar-refractivity contribution in [3.63, 3.8) is 0 Å². The molecule has 0 aliphatic carbocycles. The van der Waals surface area contributed by atoms with Crippen LogP contribution < -0.4 is 5.32 Å². The van der Waals surface area contributed by atoms with Crippen molar-refractivity contribution in [2.24, 2.45) is 0 Å². The Morgan fingerprint density at radius 3 is 2.70 bits per heavy atom. The zero-order chi connectivity index (χ0) is 21.1. The van der Waals surface area contributed by atoms with Crippen molar-refractivity contribution < 1.29 is 9.53 Å². The lowest BCUT2D eigenvalue weighted by Gasteiger charge is -2.28. The Balaban J connectivity index is 1.75. The number of nitrogens with one attached hydrogen (secondary N) is 1. The molecule has 3 heterocycles. The highest BCUT2D eigenvalue weighted by atomic mass is 79.9. The van der Waals surface area contributed by atoms with Crippen molar-refractivity contribution in [1.82, 2.24) is 19.8 Å². The summed E-state index contributed by atoms with van der Waals surface area (Å²) in [5.74, 6) is -0.263. The highest BCUT2D eigenvalue weighted by Crippen LogP contribution is 2.39.